The lowest BCUT2D eigenvalue weighted by atomic mass is 10.0. The number of Topliss-reactive ketones (excluding diaryl/α,β-unsaturated/α-hetero) is 1. The molecule has 0 aliphatic rings. The molecule has 0 fully saturated rings. The second-order valence-electron chi connectivity index (χ2n) is 6.53. The first kappa shape index (κ1) is 20.0. The van der Waals surface area contributed by atoms with Crippen LogP contribution in [0.5, 0.6) is 11.5 Å². The van der Waals surface area contributed by atoms with E-state index in [9.17, 15) is 4.79 Å². The molecule has 0 heterocycles. The van der Waals surface area contributed by atoms with E-state index < -0.39 is 0 Å². The highest BCUT2D eigenvalue weighted by atomic mass is 32.2. The Bertz CT molecular complexity index is 920. The number of methoxy groups -OCH3 is 2. The quantitative estimate of drug-likeness (QED) is 0.342. The highest BCUT2D eigenvalue weighted by Gasteiger charge is 2.19. The van der Waals surface area contributed by atoms with Crippen molar-refractivity contribution in [2.45, 2.75) is 23.5 Å². The Balaban J connectivity index is 1.85. The van der Waals surface area contributed by atoms with Crippen LogP contribution in [-0.4, -0.2) is 20.0 Å². The van der Waals surface area contributed by atoms with Gasteiger partial charge in [-0.3, -0.25) is 4.79 Å². The van der Waals surface area contributed by atoms with E-state index in [2.05, 4.69) is 12.1 Å². The summed E-state index contributed by atoms with van der Waals surface area (Å²) in [4.78, 5) is 13.9. The molecule has 0 spiro atoms. The summed E-state index contributed by atoms with van der Waals surface area (Å²) in [6, 6.07) is 23.8. The molecule has 0 aliphatic carbocycles. The van der Waals surface area contributed by atoms with Gasteiger partial charge in [0.05, 0.1) is 14.2 Å². The molecule has 0 N–H and O–H groups in total. The number of ketones is 1. The molecule has 0 unspecified atom stereocenters. The van der Waals surface area contributed by atoms with Gasteiger partial charge < -0.3 is 9.47 Å². The molecule has 28 heavy (non-hydrogen) atoms. The lowest BCUT2D eigenvalue weighted by molar-refractivity contribution is 0.0982. The Labute approximate surface area is 170 Å². The minimum atomic E-state index is 0.00750. The summed E-state index contributed by atoms with van der Waals surface area (Å²) in [5, 5.41) is 0.00750. The average molecular weight is 393 g/mol. The van der Waals surface area contributed by atoms with Crippen LogP contribution >= 0.6 is 11.8 Å². The molecule has 0 saturated carbocycles. The molecule has 0 bridgehead atoms. The first-order chi connectivity index (χ1) is 13.6. The van der Waals surface area contributed by atoms with Crippen molar-refractivity contribution >= 4 is 17.5 Å². The monoisotopic (exact) mass is 392 g/mol. The number of carbonyl (C=O) groups is 1. The Morgan fingerprint density at radius 3 is 2.21 bits per heavy atom. The Morgan fingerprint density at radius 2 is 1.57 bits per heavy atom. The lowest BCUT2D eigenvalue weighted by Crippen LogP contribution is -2.05. The maximum Gasteiger partial charge on any atom is 0.164 e. The van der Waals surface area contributed by atoms with Gasteiger partial charge in [0.2, 0.25) is 0 Å². The van der Waals surface area contributed by atoms with Gasteiger partial charge >= 0.3 is 0 Å². The third kappa shape index (κ3) is 4.96. The molecule has 0 saturated heterocycles. The van der Waals surface area contributed by atoms with Gasteiger partial charge in [0.25, 0.3) is 0 Å². The fourth-order valence-corrected chi connectivity index (χ4v) is 4.15. The van der Waals surface area contributed by atoms with E-state index in [1.807, 2.05) is 67.6 Å². The summed E-state index contributed by atoms with van der Waals surface area (Å²) in [5.41, 5.74) is 3.03. The third-order valence-electron chi connectivity index (χ3n) is 4.55. The van der Waals surface area contributed by atoms with E-state index in [0.29, 0.717) is 17.9 Å². The SMILES string of the molecule is COc1ccc(S[C@@H](CC(=O)c2ccc(C)cc2)c2ccccc2)cc1OC. The van der Waals surface area contributed by atoms with Gasteiger partial charge in [-0.2, -0.15) is 0 Å². The second-order valence-corrected chi connectivity index (χ2v) is 7.80. The predicted octanol–water partition coefficient (Wildman–Crippen LogP) is 6.12. The highest BCUT2D eigenvalue weighted by Crippen LogP contribution is 2.41. The first-order valence-electron chi connectivity index (χ1n) is 9.14. The molecule has 3 rings (SSSR count). The van der Waals surface area contributed by atoms with E-state index in [1.165, 1.54) is 0 Å². The van der Waals surface area contributed by atoms with E-state index in [4.69, 9.17) is 9.47 Å². The number of carbonyl (C=O) groups excluding carboxylic acids is 1. The van der Waals surface area contributed by atoms with Crippen LogP contribution in [0, 0.1) is 6.92 Å². The van der Waals surface area contributed by atoms with E-state index in [-0.39, 0.29) is 11.0 Å². The zero-order valence-corrected chi connectivity index (χ0v) is 17.2. The molecule has 4 heteroatoms. The fourth-order valence-electron chi connectivity index (χ4n) is 2.98. The van der Waals surface area contributed by atoms with Crippen molar-refractivity contribution in [3.8, 4) is 11.5 Å². The first-order valence-corrected chi connectivity index (χ1v) is 10.0. The summed E-state index contributed by atoms with van der Waals surface area (Å²) >= 11 is 1.66. The molecule has 0 aliphatic heterocycles. The molecule has 0 aromatic heterocycles. The van der Waals surface area contributed by atoms with Crippen molar-refractivity contribution in [3.05, 3.63) is 89.5 Å². The van der Waals surface area contributed by atoms with Crippen LogP contribution in [0.4, 0.5) is 0 Å². The lowest BCUT2D eigenvalue weighted by Gasteiger charge is -2.18. The number of aryl methyl sites for hydroxylation is 1. The molecule has 0 amide bonds. The summed E-state index contributed by atoms with van der Waals surface area (Å²) in [6.45, 7) is 2.02. The van der Waals surface area contributed by atoms with Crippen LogP contribution < -0.4 is 9.47 Å². The topological polar surface area (TPSA) is 35.5 Å². The van der Waals surface area contributed by atoms with Crippen LogP contribution in [0.3, 0.4) is 0 Å². The van der Waals surface area contributed by atoms with Crippen molar-refractivity contribution in [1.29, 1.82) is 0 Å². The van der Waals surface area contributed by atoms with Gasteiger partial charge in [-0.15, -0.1) is 11.8 Å². The molecular formula is C24H24O3S. The molecule has 3 aromatic carbocycles. The van der Waals surface area contributed by atoms with Crippen LogP contribution in [0.2, 0.25) is 0 Å². The molecule has 144 valence electrons. The normalized spacial score (nSPS) is 11.7. The van der Waals surface area contributed by atoms with Crippen LogP contribution in [0.1, 0.15) is 33.2 Å². The molecule has 1 atom stereocenters. The fraction of sp³-hybridized carbons (Fsp3) is 0.208. The van der Waals surface area contributed by atoms with Crippen molar-refractivity contribution in [3.63, 3.8) is 0 Å². The number of rotatable bonds is 8. The van der Waals surface area contributed by atoms with Gasteiger partial charge in [-0.1, -0.05) is 60.2 Å². The summed E-state index contributed by atoms with van der Waals surface area (Å²) in [5.74, 6) is 1.52. The van der Waals surface area contributed by atoms with Gasteiger partial charge in [-0.25, -0.2) is 0 Å². The Morgan fingerprint density at radius 1 is 0.893 bits per heavy atom. The average Bonchev–Trinajstić information content (AvgIpc) is 2.74. The maximum absolute atomic E-state index is 12.9. The highest BCUT2D eigenvalue weighted by molar-refractivity contribution is 7.99. The smallest absolute Gasteiger partial charge is 0.164 e. The van der Waals surface area contributed by atoms with Crippen molar-refractivity contribution in [2.24, 2.45) is 0 Å². The number of benzene rings is 3. The standard InChI is InChI=1S/C24H24O3S/c1-17-9-11-18(12-10-17)21(25)16-24(19-7-5-4-6-8-19)28-20-13-14-22(26-2)23(15-20)27-3/h4-15,24H,16H2,1-3H3/t24-/m0/s1. The van der Waals surface area contributed by atoms with Crippen LogP contribution in [0.25, 0.3) is 0 Å². The van der Waals surface area contributed by atoms with Gasteiger partial charge in [0, 0.05) is 22.1 Å². The largest absolute Gasteiger partial charge is 0.493 e. The van der Waals surface area contributed by atoms with Gasteiger partial charge in [0.1, 0.15) is 0 Å². The Kier molecular flexibility index (Phi) is 6.77. The number of ether oxygens (including phenoxy) is 2. The minimum absolute atomic E-state index is 0.00750. The number of hydrogen-bond acceptors (Lipinski definition) is 4. The predicted molar refractivity (Wildman–Crippen MR) is 115 cm³/mol. The van der Waals surface area contributed by atoms with Gasteiger partial charge in [0.15, 0.2) is 17.3 Å². The van der Waals surface area contributed by atoms with E-state index in [1.54, 1.807) is 26.0 Å². The summed E-state index contributed by atoms with van der Waals surface area (Å²) in [7, 11) is 3.25. The van der Waals surface area contributed by atoms with E-state index in [0.717, 1.165) is 21.6 Å². The van der Waals surface area contributed by atoms with Crippen molar-refractivity contribution in [2.75, 3.05) is 14.2 Å². The summed E-state index contributed by atoms with van der Waals surface area (Å²) in [6.07, 6.45) is 0.423. The number of hydrogen-bond donors (Lipinski definition) is 0. The minimum Gasteiger partial charge on any atom is -0.493 e. The molecule has 3 nitrogen and oxygen atoms in total. The van der Waals surface area contributed by atoms with Crippen LogP contribution in [0.15, 0.2) is 77.7 Å². The van der Waals surface area contributed by atoms with Crippen LogP contribution in [-0.2, 0) is 0 Å². The second kappa shape index (κ2) is 9.47. The zero-order chi connectivity index (χ0) is 19.9. The van der Waals surface area contributed by atoms with Crippen molar-refractivity contribution in [1.82, 2.24) is 0 Å². The van der Waals surface area contributed by atoms with Gasteiger partial charge in [-0.05, 0) is 30.7 Å². The number of thioether (sulfide) groups is 1. The maximum atomic E-state index is 12.9. The third-order valence-corrected chi connectivity index (χ3v) is 5.80. The zero-order valence-electron chi connectivity index (χ0n) is 16.3. The molecule has 0 radical (unpaired) electrons. The van der Waals surface area contributed by atoms with E-state index >= 15 is 0 Å². The van der Waals surface area contributed by atoms with Crippen molar-refractivity contribution < 1.29 is 14.3 Å². The summed E-state index contributed by atoms with van der Waals surface area (Å²) < 4.78 is 10.7. The molecular weight excluding hydrogens is 368 g/mol. The Hall–Kier alpha value is -2.72. The molecule has 3 aromatic rings.